The van der Waals surface area contributed by atoms with Crippen LogP contribution in [0.2, 0.25) is 5.28 Å². The lowest BCUT2D eigenvalue weighted by Crippen LogP contribution is -2.16. The second-order valence-electron chi connectivity index (χ2n) is 3.51. The molecule has 1 aromatic heterocycles. The third-order valence-electron chi connectivity index (χ3n) is 2.01. The quantitative estimate of drug-likeness (QED) is 0.833. The normalized spacial score (nSPS) is 12.2. The van der Waals surface area contributed by atoms with E-state index in [4.69, 9.17) is 16.3 Å². The van der Waals surface area contributed by atoms with Crippen LogP contribution in [0.1, 0.15) is 33.6 Å². The molecule has 0 amide bonds. The summed E-state index contributed by atoms with van der Waals surface area (Å²) >= 11 is 5.77. The maximum absolute atomic E-state index is 5.77. The predicted molar refractivity (Wildman–Crippen MR) is 64.0 cm³/mol. The Labute approximate surface area is 101 Å². The number of anilines is 1. The van der Waals surface area contributed by atoms with Gasteiger partial charge in [-0.3, -0.25) is 0 Å². The van der Waals surface area contributed by atoms with Crippen LogP contribution < -0.4 is 10.1 Å². The summed E-state index contributed by atoms with van der Waals surface area (Å²) in [4.78, 5) is 12.0. The molecule has 90 valence electrons. The lowest BCUT2D eigenvalue weighted by Gasteiger charge is -2.11. The second-order valence-corrected chi connectivity index (χ2v) is 3.85. The SMILES string of the molecule is CCCOc1nc(Cl)nc(NC(C)CC)n1. The molecule has 0 spiro atoms. The molecular weight excluding hydrogens is 228 g/mol. The van der Waals surface area contributed by atoms with Crippen molar-refractivity contribution in [3.63, 3.8) is 0 Å². The Morgan fingerprint density at radius 2 is 2.06 bits per heavy atom. The van der Waals surface area contributed by atoms with Crippen molar-refractivity contribution in [2.24, 2.45) is 0 Å². The van der Waals surface area contributed by atoms with E-state index >= 15 is 0 Å². The third-order valence-corrected chi connectivity index (χ3v) is 2.18. The summed E-state index contributed by atoms with van der Waals surface area (Å²) in [6.07, 6.45) is 1.88. The Morgan fingerprint density at radius 1 is 1.31 bits per heavy atom. The highest BCUT2D eigenvalue weighted by molar-refractivity contribution is 6.28. The number of nitrogens with one attached hydrogen (secondary N) is 1. The maximum atomic E-state index is 5.77. The third kappa shape index (κ3) is 4.18. The van der Waals surface area contributed by atoms with Crippen molar-refractivity contribution in [3.05, 3.63) is 5.28 Å². The van der Waals surface area contributed by atoms with Gasteiger partial charge in [0.05, 0.1) is 6.61 Å². The van der Waals surface area contributed by atoms with E-state index in [0.29, 0.717) is 12.6 Å². The first-order valence-electron chi connectivity index (χ1n) is 5.46. The number of ether oxygens (including phenoxy) is 1. The summed E-state index contributed by atoms with van der Waals surface area (Å²) in [5, 5.41) is 3.27. The Hall–Kier alpha value is -1.10. The molecular formula is C10H17ClN4O. The Bertz CT molecular complexity index is 335. The molecule has 1 heterocycles. The van der Waals surface area contributed by atoms with E-state index in [2.05, 4.69) is 27.2 Å². The molecule has 0 aromatic carbocycles. The highest BCUT2D eigenvalue weighted by atomic mass is 35.5. The molecule has 0 aliphatic rings. The lowest BCUT2D eigenvalue weighted by molar-refractivity contribution is 0.291. The van der Waals surface area contributed by atoms with Crippen molar-refractivity contribution < 1.29 is 4.74 Å². The van der Waals surface area contributed by atoms with Crippen molar-refractivity contribution in [3.8, 4) is 6.01 Å². The van der Waals surface area contributed by atoms with Gasteiger partial charge in [-0.05, 0) is 31.4 Å². The molecule has 16 heavy (non-hydrogen) atoms. The Kier molecular flexibility index (Phi) is 5.25. The average Bonchev–Trinajstić information content (AvgIpc) is 2.25. The minimum atomic E-state index is 0.145. The van der Waals surface area contributed by atoms with Crippen LogP contribution in [-0.2, 0) is 0 Å². The zero-order valence-corrected chi connectivity index (χ0v) is 10.6. The van der Waals surface area contributed by atoms with Crippen LogP contribution in [0.25, 0.3) is 0 Å². The first-order valence-corrected chi connectivity index (χ1v) is 5.84. The predicted octanol–water partition coefficient (Wildman–Crippen LogP) is 2.52. The van der Waals surface area contributed by atoms with E-state index in [1.54, 1.807) is 0 Å². The van der Waals surface area contributed by atoms with Gasteiger partial charge in [0.25, 0.3) is 0 Å². The number of hydrogen-bond donors (Lipinski definition) is 1. The van der Waals surface area contributed by atoms with E-state index in [-0.39, 0.29) is 17.3 Å². The smallest absolute Gasteiger partial charge is 0.322 e. The molecule has 6 heteroatoms. The largest absolute Gasteiger partial charge is 0.463 e. The Morgan fingerprint density at radius 3 is 2.69 bits per heavy atom. The van der Waals surface area contributed by atoms with Gasteiger partial charge >= 0.3 is 6.01 Å². The molecule has 0 aliphatic heterocycles. The molecule has 0 aliphatic carbocycles. The molecule has 1 N–H and O–H groups in total. The molecule has 0 fully saturated rings. The molecule has 1 unspecified atom stereocenters. The molecule has 0 saturated carbocycles. The highest BCUT2D eigenvalue weighted by Gasteiger charge is 2.07. The van der Waals surface area contributed by atoms with Crippen molar-refractivity contribution in [1.29, 1.82) is 0 Å². The molecule has 1 rings (SSSR count). The molecule has 1 aromatic rings. The van der Waals surface area contributed by atoms with Crippen LogP contribution in [0.3, 0.4) is 0 Å². The van der Waals surface area contributed by atoms with Crippen molar-refractivity contribution in [2.45, 2.75) is 39.7 Å². The van der Waals surface area contributed by atoms with Crippen LogP contribution in [0.4, 0.5) is 5.95 Å². The standard InChI is InChI=1S/C10H17ClN4O/c1-4-6-16-10-14-8(11)13-9(15-10)12-7(3)5-2/h7H,4-6H2,1-3H3,(H,12,13,14,15). The first kappa shape index (κ1) is 13.0. The van der Waals surface area contributed by atoms with Crippen molar-refractivity contribution >= 4 is 17.5 Å². The van der Waals surface area contributed by atoms with Crippen LogP contribution >= 0.6 is 11.6 Å². The van der Waals surface area contributed by atoms with Crippen molar-refractivity contribution in [1.82, 2.24) is 15.0 Å². The average molecular weight is 245 g/mol. The fourth-order valence-electron chi connectivity index (χ4n) is 0.977. The molecule has 0 bridgehead atoms. The van der Waals surface area contributed by atoms with Crippen LogP contribution in [0, 0.1) is 0 Å². The fraction of sp³-hybridized carbons (Fsp3) is 0.700. The minimum Gasteiger partial charge on any atom is -0.463 e. The van der Waals surface area contributed by atoms with E-state index in [0.717, 1.165) is 12.8 Å². The van der Waals surface area contributed by atoms with Crippen molar-refractivity contribution in [2.75, 3.05) is 11.9 Å². The maximum Gasteiger partial charge on any atom is 0.322 e. The van der Waals surface area contributed by atoms with Gasteiger partial charge in [0.2, 0.25) is 11.2 Å². The summed E-state index contributed by atoms with van der Waals surface area (Å²) in [5.41, 5.74) is 0. The Balaban J connectivity index is 2.73. The topological polar surface area (TPSA) is 59.9 Å². The number of halogens is 1. The lowest BCUT2D eigenvalue weighted by atomic mass is 10.3. The first-order chi connectivity index (χ1) is 7.65. The van der Waals surface area contributed by atoms with Gasteiger partial charge in [-0.15, -0.1) is 0 Å². The van der Waals surface area contributed by atoms with E-state index in [9.17, 15) is 0 Å². The van der Waals surface area contributed by atoms with E-state index in [1.165, 1.54) is 0 Å². The summed E-state index contributed by atoms with van der Waals surface area (Å²) in [6.45, 7) is 6.71. The van der Waals surface area contributed by atoms with Crippen LogP contribution in [0.5, 0.6) is 6.01 Å². The molecule has 0 radical (unpaired) electrons. The monoisotopic (exact) mass is 244 g/mol. The van der Waals surface area contributed by atoms with Gasteiger partial charge < -0.3 is 10.1 Å². The van der Waals surface area contributed by atoms with Gasteiger partial charge in [0, 0.05) is 6.04 Å². The van der Waals surface area contributed by atoms with Gasteiger partial charge in [0.15, 0.2) is 0 Å². The summed E-state index contributed by atoms with van der Waals surface area (Å²) in [7, 11) is 0. The fourth-order valence-corrected chi connectivity index (χ4v) is 1.13. The van der Waals surface area contributed by atoms with E-state index < -0.39 is 0 Å². The molecule has 1 atom stereocenters. The second kappa shape index (κ2) is 6.48. The zero-order chi connectivity index (χ0) is 12.0. The van der Waals surface area contributed by atoms with E-state index in [1.807, 2.05) is 13.8 Å². The van der Waals surface area contributed by atoms with Gasteiger partial charge in [-0.1, -0.05) is 13.8 Å². The molecule has 0 saturated heterocycles. The number of nitrogens with zero attached hydrogens (tertiary/aromatic N) is 3. The number of aromatic nitrogens is 3. The van der Waals surface area contributed by atoms with Gasteiger partial charge in [0.1, 0.15) is 0 Å². The summed E-state index contributed by atoms with van der Waals surface area (Å²) in [6, 6.07) is 0.560. The molecule has 5 nitrogen and oxygen atoms in total. The van der Waals surface area contributed by atoms with Crippen LogP contribution in [-0.4, -0.2) is 27.6 Å². The summed E-state index contributed by atoms with van der Waals surface area (Å²) < 4.78 is 5.31. The minimum absolute atomic E-state index is 0.145. The zero-order valence-electron chi connectivity index (χ0n) is 9.83. The van der Waals surface area contributed by atoms with Gasteiger partial charge in [-0.2, -0.15) is 15.0 Å². The van der Waals surface area contributed by atoms with Gasteiger partial charge in [-0.25, -0.2) is 0 Å². The van der Waals surface area contributed by atoms with Crippen LogP contribution in [0.15, 0.2) is 0 Å². The number of hydrogen-bond acceptors (Lipinski definition) is 5. The highest BCUT2D eigenvalue weighted by Crippen LogP contribution is 2.12. The summed E-state index contributed by atoms with van der Waals surface area (Å²) in [5.74, 6) is 0.459. The number of rotatable bonds is 6.